The summed E-state index contributed by atoms with van der Waals surface area (Å²) < 4.78 is 11.5. The molecule has 0 bridgehead atoms. The third kappa shape index (κ3) is 5.46. The first-order valence-corrected chi connectivity index (χ1v) is 10.7. The Balaban J connectivity index is 1.24. The minimum atomic E-state index is -0.308. The molecule has 1 fully saturated rings. The Hall–Kier alpha value is -3.81. The van der Waals surface area contributed by atoms with Crippen LogP contribution in [0.3, 0.4) is 0 Å². The molecule has 0 saturated carbocycles. The van der Waals surface area contributed by atoms with Crippen molar-refractivity contribution in [1.29, 1.82) is 0 Å². The Labute approximate surface area is 187 Å². The van der Waals surface area contributed by atoms with Gasteiger partial charge in [-0.2, -0.15) is 0 Å². The summed E-state index contributed by atoms with van der Waals surface area (Å²) in [5, 5.41) is 5.61. The van der Waals surface area contributed by atoms with Gasteiger partial charge in [0.05, 0.1) is 25.7 Å². The van der Waals surface area contributed by atoms with Crippen LogP contribution in [0, 0.1) is 0 Å². The Morgan fingerprint density at radius 1 is 1.09 bits per heavy atom. The van der Waals surface area contributed by atoms with Gasteiger partial charge in [0.1, 0.15) is 29.7 Å². The van der Waals surface area contributed by atoms with E-state index >= 15 is 0 Å². The predicted octanol–water partition coefficient (Wildman–Crippen LogP) is 4.03. The average molecular weight is 434 g/mol. The van der Waals surface area contributed by atoms with Gasteiger partial charge >= 0.3 is 6.03 Å². The summed E-state index contributed by atoms with van der Waals surface area (Å²) in [6.45, 7) is 6.24. The van der Waals surface area contributed by atoms with E-state index in [1.165, 1.54) is 6.33 Å². The molecule has 166 valence electrons. The van der Waals surface area contributed by atoms with E-state index in [9.17, 15) is 4.79 Å². The molecule has 1 atom stereocenters. The first-order chi connectivity index (χ1) is 15.6. The topological polar surface area (TPSA) is 88.6 Å². The van der Waals surface area contributed by atoms with Crippen molar-refractivity contribution in [1.82, 2.24) is 15.3 Å². The number of hydrogen-bond acceptors (Lipinski definition) is 6. The molecule has 0 spiro atoms. The lowest BCUT2D eigenvalue weighted by molar-refractivity contribution is 0.167. The number of carbonyl (C=O) groups excluding carboxylic acids is 1. The Bertz CT molecular complexity index is 1010. The predicted molar refractivity (Wildman–Crippen MR) is 123 cm³/mol. The van der Waals surface area contributed by atoms with E-state index in [0.717, 1.165) is 35.8 Å². The number of hydrogen-bond donors (Lipinski definition) is 2. The number of benzene rings is 2. The summed E-state index contributed by atoms with van der Waals surface area (Å²) in [6.07, 6.45) is 3.13. The highest BCUT2D eigenvalue weighted by molar-refractivity contribution is 5.88. The smallest absolute Gasteiger partial charge is 0.320 e. The number of anilines is 2. The fourth-order valence-corrected chi connectivity index (χ4v) is 3.47. The summed E-state index contributed by atoms with van der Waals surface area (Å²) in [7, 11) is 0. The van der Waals surface area contributed by atoms with E-state index in [0.29, 0.717) is 12.4 Å². The first kappa shape index (κ1) is 21.4. The highest BCUT2D eigenvalue weighted by atomic mass is 16.5. The number of ether oxygens (including phenoxy) is 2. The molecule has 32 heavy (non-hydrogen) atoms. The van der Waals surface area contributed by atoms with Crippen LogP contribution >= 0.6 is 0 Å². The minimum absolute atomic E-state index is 0.141. The lowest BCUT2D eigenvalue weighted by Gasteiger charge is -2.40. The van der Waals surface area contributed by atoms with Gasteiger partial charge in [0, 0.05) is 11.9 Å². The molecule has 4 rings (SSSR count). The van der Waals surface area contributed by atoms with Gasteiger partial charge in [-0.25, -0.2) is 14.8 Å². The molecular formula is C24H27N5O3. The van der Waals surface area contributed by atoms with Crippen molar-refractivity contribution in [2.45, 2.75) is 26.0 Å². The average Bonchev–Trinajstić information content (AvgIpc) is 2.78. The van der Waals surface area contributed by atoms with Crippen molar-refractivity contribution in [2.75, 3.05) is 29.9 Å². The van der Waals surface area contributed by atoms with Gasteiger partial charge in [-0.05, 0) is 61.9 Å². The van der Waals surface area contributed by atoms with E-state index in [1.807, 2.05) is 50.2 Å². The Morgan fingerprint density at radius 2 is 1.81 bits per heavy atom. The normalized spacial score (nSPS) is 14.2. The van der Waals surface area contributed by atoms with E-state index < -0.39 is 0 Å². The molecule has 2 amide bonds. The van der Waals surface area contributed by atoms with Crippen molar-refractivity contribution in [3.63, 3.8) is 0 Å². The van der Waals surface area contributed by atoms with E-state index in [4.69, 9.17) is 9.47 Å². The molecule has 0 aliphatic carbocycles. The number of urea groups is 1. The maximum Gasteiger partial charge on any atom is 0.320 e. The van der Waals surface area contributed by atoms with E-state index in [1.54, 1.807) is 12.3 Å². The van der Waals surface area contributed by atoms with Gasteiger partial charge in [-0.1, -0.05) is 12.1 Å². The molecule has 0 radical (unpaired) electrons. The Kier molecular flexibility index (Phi) is 6.69. The van der Waals surface area contributed by atoms with Crippen LogP contribution in [0.5, 0.6) is 11.5 Å². The lowest BCUT2D eigenvalue weighted by Crippen LogP contribution is -2.54. The number of nitrogens with zero attached hydrogens (tertiary/aromatic N) is 3. The molecule has 2 heterocycles. The molecule has 8 heteroatoms. The summed E-state index contributed by atoms with van der Waals surface area (Å²) in [4.78, 5) is 22.2. The van der Waals surface area contributed by atoms with E-state index in [2.05, 4.69) is 37.6 Å². The molecular weight excluding hydrogens is 406 g/mol. The van der Waals surface area contributed by atoms with Gasteiger partial charge in [0.2, 0.25) is 0 Å². The van der Waals surface area contributed by atoms with Crippen molar-refractivity contribution < 1.29 is 14.3 Å². The highest BCUT2D eigenvalue weighted by Gasteiger charge is 2.28. The maximum atomic E-state index is 12.2. The van der Waals surface area contributed by atoms with Crippen LogP contribution in [-0.2, 0) is 0 Å². The molecule has 1 unspecified atom stereocenters. The highest BCUT2D eigenvalue weighted by Crippen LogP contribution is 2.26. The summed E-state index contributed by atoms with van der Waals surface area (Å²) in [5.41, 5.74) is 2.16. The fraction of sp³-hybridized carbons (Fsp3) is 0.292. The molecule has 2 N–H and O–H groups in total. The lowest BCUT2D eigenvalue weighted by atomic mass is 10.1. The molecule has 2 aromatic carbocycles. The van der Waals surface area contributed by atoms with Crippen LogP contribution in [0.15, 0.2) is 67.1 Å². The van der Waals surface area contributed by atoms with Crippen LogP contribution in [-0.4, -0.2) is 41.8 Å². The standard InChI is InChI=1S/C24H27N5O3/c1-3-31-20-8-10-21(11-9-20)32-22-14-29(15-22)19-6-4-18(5-7-19)17(2)27-24(30)28-23-12-13-25-16-26-23/h4-13,16-17,22H,3,14-15H2,1-2H3,(H2,25,26,27,28,30). The molecule has 1 aromatic heterocycles. The van der Waals surface area contributed by atoms with Gasteiger partial charge in [-0.3, -0.25) is 5.32 Å². The van der Waals surface area contributed by atoms with Crippen molar-refractivity contribution in [3.8, 4) is 11.5 Å². The van der Waals surface area contributed by atoms with Crippen LogP contribution < -0.4 is 25.0 Å². The van der Waals surface area contributed by atoms with Crippen molar-refractivity contribution >= 4 is 17.5 Å². The second-order valence-electron chi connectivity index (χ2n) is 7.56. The zero-order valence-electron chi connectivity index (χ0n) is 18.2. The van der Waals surface area contributed by atoms with Crippen molar-refractivity contribution in [3.05, 3.63) is 72.7 Å². The van der Waals surface area contributed by atoms with Gasteiger partial charge in [0.25, 0.3) is 0 Å². The number of carbonyl (C=O) groups is 1. The van der Waals surface area contributed by atoms with Crippen LogP contribution in [0.1, 0.15) is 25.5 Å². The third-order valence-corrected chi connectivity index (χ3v) is 5.21. The third-order valence-electron chi connectivity index (χ3n) is 5.21. The second-order valence-corrected chi connectivity index (χ2v) is 7.56. The summed E-state index contributed by atoms with van der Waals surface area (Å²) in [5.74, 6) is 2.17. The van der Waals surface area contributed by atoms with E-state index in [-0.39, 0.29) is 18.2 Å². The van der Waals surface area contributed by atoms with Crippen LogP contribution in [0.4, 0.5) is 16.3 Å². The number of rotatable bonds is 8. The zero-order valence-corrected chi connectivity index (χ0v) is 18.2. The summed E-state index contributed by atoms with van der Waals surface area (Å²) >= 11 is 0. The molecule has 1 saturated heterocycles. The first-order valence-electron chi connectivity index (χ1n) is 10.7. The van der Waals surface area contributed by atoms with Crippen LogP contribution in [0.2, 0.25) is 0 Å². The minimum Gasteiger partial charge on any atom is -0.494 e. The number of aromatic nitrogens is 2. The molecule has 1 aliphatic rings. The second kappa shape index (κ2) is 10.00. The SMILES string of the molecule is CCOc1ccc(OC2CN(c3ccc(C(C)NC(=O)Nc4ccncn4)cc3)C2)cc1. The monoisotopic (exact) mass is 433 g/mol. The van der Waals surface area contributed by atoms with Gasteiger partial charge in [0.15, 0.2) is 0 Å². The zero-order chi connectivity index (χ0) is 22.3. The van der Waals surface area contributed by atoms with Gasteiger partial charge < -0.3 is 19.7 Å². The fourth-order valence-electron chi connectivity index (χ4n) is 3.47. The van der Waals surface area contributed by atoms with Crippen LogP contribution in [0.25, 0.3) is 0 Å². The molecule has 8 nitrogen and oxygen atoms in total. The molecule has 3 aromatic rings. The van der Waals surface area contributed by atoms with Crippen molar-refractivity contribution in [2.24, 2.45) is 0 Å². The van der Waals surface area contributed by atoms with Gasteiger partial charge in [-0.15, -0.1) is 0 Å². The maximum absolute atomic E-state index is 12.2. The summed E-state index contributed by atoms with van der Waals surface area (Å²) in [6, 6.07) is 17.1. The number of nitrogens with one attached hydrogen (secondary N) is 2. The quantitative estimate of drug-likeness (QED) is 0.558. The molecule has 1 aliphatic heterocycles. The largest absolute Gasteiger partial charge is 0.494 e. The number of amides is 2. The Morgan fingerprint density at radius 3 is 2.47 bits per heavy atom.